The van der Waals surface area contributed by atoms with Crippen LogP contribution in [-0.2, 0) is 9.47 Å². The first-order valence-electron chi connectivity index (χ1n) is 18.1. The Morgan fingerprint density at radius 2 is 1.65 bits per heavy atom. The van der Waals surface area contributed by atoms with Gasteiger partial charge in [-0.05, 0) is 97.3 Å². The van der Waals surface area contributed by atoms with Crippen molar-refractivity contribution in [3.8, 4) is 22.3 Å². The largest absolute Gasteiger partial charge is 0.477 e. The Morgan fingerprint density at radius 3 is 2.46 bits per heavy atom. The van der Waals surface area contributed by atoms with Gasteiger partial charge in [-0.3, -0.25) is 4.98 Å². The summed E-state index contributed by atoms with van der Waals surface area (Å²) in [5.41, 5.74) is 19.4. The van der Waals surface area contributed by atoms with Crippen molar-refractivity contribution in [3.05, 3.63) is 192 Å². The summed E-state index contributed by atoms with van der Waals surface area (Å²) in [5.74, 6) is 0.384. The fourth-order valence-electron chi connectivity index (χ4n) is 8.21. The van der Waals surface area contributed by atoms with Gasteiger partial charge in [-0.2, -0.15) is 0 Å². The molecule has 0 fully saturated rings. The second kappa shape index (κ2) is 13.8. The van der Waals surface area contributed by atoms with Crippen molar-refractivity contribution in [2.75, 3.05) is 0 Å². The highest BCUT2D eigenvalue weighted by atomic mass is 16.5. The topological polar surface area (TPSA) is 81.4 Å². The Balaban J connectivity index is 1.13. The van der Waals surface area contributed by atoms with Gasteiger partial charge in [0.05, 0.1) is 0 Å². The molecule has 4 aliphatic rings. The molecule has 256 valence electrons. The molecule has 0 saturated carbocycles. The van der Waals surface area contributed by atoms with Gasteiger partial charge in [0.2, 0.25) is 6.23 Å². The van der Waals surface area contributed by atoms with Crippen LogP contribution < -0.4 is 16.4 Å². The molecule has 9 rings (SSSR count). The molecule has 0 radical (unpaired) electrons. The van der Waals surface area contributed by atoms with Crippen molar-refractivity contribution in [3.63, 3.8) is 0 Å². The highest BCUT2D eigenvalue weighted by Crippen LogP contribution is 2.52. The van der Waals surface area contributed by atoms with Crippen molar-refractivity contribution in [1.82, 2.24) is 15.6 Å². The normalized spacial score (nSPS) is 21.8. The minimum atomic E-state index is -0.263. The average molecular weight is 681 g/mol. The number of benzene rings is 4. The molecule has 2 aliphatic carbocycles. The molecule has 4 N–H and O–H groups in total. The number of allylic oxidation sites excluding steroid dienone is 6. The molecular formula is C46H40N4O2. The molecule has 0 spiro atoms. The van der Waals surface area contributed by atoms with Crippen LogP contribution in [0.1, 0.15) is 53.8 Å². The predicted octanol–water partition coefficient (Wildman–Crippen LogP) is 9.73. The molecule has 6 nitrogen and oxygen atoms in total. The third-order valence-corrected chi connectivity index (χ3v) is 10.7. The smallest absolute Gasteiger partial charge is 0.212 e. The van der Waals surface area contributed by atoms with Gasteiger partial charge in [-0.25, -0.2) is 0 Å². The Hall–Kier alpha value is -6.27. The lowest BCUT2D eigenvalue weighted by Gasteiger charge is -2.39. The van der Waals surface area contributed by atoms with E-state index in [9.17, 15) is 0 Å². The number of nitrogens with two attached hydrogens (primary N) is 1. The van der Waals surface area contributed by atoms with Gasteiger partial charge < -0.3 is 25.8 Å². The van der Waals surface area contributed by atoms with Crippen LogP contribution in [0.15, 0.2) is 170 Å². The van der Waals surface area contributed by atoms with Gasteiger partial charge >= 0.3 is 0 Å². The molecule has 4 atom stereocenters. The number of nitrogens with zero attached hydrogens (tertiary/aromatic N) is 1. The first kappa shape index (κ1) is 31.7. The van der Waals surface area contributed by atoms with E-state index in [4.69, 9.17) is 20.2 Å². The first-order valence-corrected chi connectivity index (χ1v) is 18.1. The van der Waals surface area contributed by atoms with Crippen LogP contribution in [0.5, 0.6) is 0 Å². The Morgan fingerprint density at radius 1 is 0.827 bits per heavy atom. The van der Waals surface area contributed by atoms with E-state index in [-0.39, 0.29) is 24.3 Å². The first-order chi connectivity index (χ1) is 25.7. The molecule has 2 aliphatic heterocycles. The van der Waals surface area contributed by atoms with E-state index in [2.05, 4.69) is 132 Å². The second-order valence-corrected chi connectivity index (χ2v) is 13.7. The summed E-state index contributed by atoms with van der Waals surface area (Å²) >= 11 is 0. The molecular weight excluding hydrogens is 641 g/mol. The lowest BCUT2D eigenvalue weighted by atomic mass is 9.64. The Bertz CT molecular complexity index is 2290. The van der Waals surface area contributed by atoms with Crippen LogP contribution in [0.4, 0.5) is 0 Å². The molecule has 3 heterocycles. The van der Waals surface area contributed by atoms with Crippen LogP contribution in [-0.4, -0.2) is 11.2 Å². The number of pyridine rings is 1. The maximum atomic E-state index is 6.45. The SMILES string of the molecule is N/C=C(\C=C/CC1NC=CO1)C1=C2C=CCCC2C(c2ccc(C3NC=CO3)nc2)c2cc(-c3ccc(-c4cccc5ccccc45)cc3)ccc21. The lowest BCUT2D eigenvalue weighted by molar-refractivity contribution is 0.150. The Labute approximate surface area is 304 Å². The molecule has 0 saturated heterocycles. The van der Waals surface area contributed by atoms with E-state index < -0.39 is 0 Å². The molecule has 0 bridgehead atoms. The van der Waals surface area contributed by atoms with Crippen LogP contribution >= 0.6 is 0 Å². The maximum Gasteiger partial charge on any atom is 0.212 e. The third-order valence-electron chi connectivity index (χ3n) is 10.7. The minimum Gasteiger partial charge on any atom is -0.477 e. The summed E-state index contributed by atoms with van der Waals surface area (Å²) in [4.78, 5) is 4.91. The monoisotopic (exact) mass is 680 g/mol. The summed E-state index contributed by atoms with van der Waals surface area (Å²) in [7, 11) is 0. The quantitative estimate of drug-likeness (QED) is 0.142. The van der Waals surface area contributed by atoms with Crippen LogP contribution in [0, 0.1) is 5.92 Å². The van der Waals surface area contributed by atoms with Gasteiger partial charge in [0.1, 0.15) is 18.2 Å². The second-order valence-electron chi connectivity index (χ2n) is 13.7. The summed E-state index contributed by atoms with van der Waals surface area (Å²) in [5, 5.41) is 8.96. The molecule has 52 heavy (non-hydrogen) atoms. The van der Waals surface area contributed by atoms with E-state index >= 15 is 0 Å². The van der Waals surface area contributed by atoms with E-state index in [0.717, 1.165) is 30.5 Å². The van der Waals surface area contributed by atoms with E-state index in [0.29, 0.717) is 0 Å². The van der Waals surface area contributed by atoms with Crippen LogP contribution in [0.2, 0.25) is 0 Å². The maximum absolute atomic E-state index is 6.45. The molecule has 5 aromatic rings. The highest BCUT2D eigenvalue weighted by molar-refractivity contribution is 5.97. The number of ether oxygens (including phenoxy) is 2. The van der Waals surface area contributed by atoms with E-state index in [1.807, 2.05) is 18.6 Å². The number of aromatic nitrogens is 1. The van der Waals surface area contributed by atoms with Crippen LogP contribution in [0.3, 0.4) is 0 Å². The average Bonchev–Trinajstić information content (AvgIpc) is 3.95. The minimum absolute atomic E-state index is 0.0658. The number of fused-ring (bicyclic) bond motifs is 3. The van der Waals surface area contributed by atoms with Crippen LogP contribution in [0.25, 0.3) is 38.6 Å². The number of nitrogens with one attached hydrogen (secondary N) is 2. The molecule has 4 aromatic carbocycles. The Kier molecular flexibility index (Phi) is 8.41. The summed E-state index contributed by atoms with van der Waals surface area (Å²) in [6, 6.07) is 35.4. The van der Waals surface area contributed by atoms with Gasteiger partial charge in [-0.15, -0.1) is 0 Å². The zero-order chi connectivity index (χ0) is 34.9. The van der Waals surface area contributed by atoms with E-state index in [1.54, 1.807) is 18.7 Å². The lowest BCUT2D eigenvalue weighted by Crippen LogP contribution is -2.25. The summed E-state index contributed by atoms with van der Waals surface area (Å²) < 4.78 is 11.3. The molecule has 6 heteroatoms. The predicted molar refractivity (Wildman–Crippen MR) is 209 cm³/mol. The van der Waals surface area contributed by atoms with Gasteiger partial charge in [0.25, 0.3) is 0 Å². The fourth-order valence-corrected chi connectivity index (χ4v) is 8.21. The molecule has 1 aromatic heterocycles. The van der Waals surface area contributed by atoms with Crippen molar-refractivity contribution < 1.29 is 9.47 Å². The number of hydrogen-bond donors (Lipinski definition) is 3. The van der Waals surface area contributed by atoms with Gasteiger partial charge in [0, 0.05) is 37.1 Å². The molecule has 0 amide bonds. The highest BCUT2D eigenvalue weighted by Gasteiger charge is 2.37. The van der Waals surface area contributed by atoms with E-state index in [1.165, 1.54) is 60.9 Å². The zero-order valence-corrected chi connectivity index (χ0v) is 28.8. The van der Waals surface area contributed by atoms with Crippen molar-refractivity contribution in [1.29, 1.82) is 0 Å². The summed E-state index contributed by atoms with van der Waals surface area (Å²) in [6.07, 6.45) is 22.2. The fraction of sp³-hybridized carbons (Fsp3) is 0.152. The van der Waals surface area contributed by atoms with Crippen molar-refractivity contribution >= 4 is 16.3 Å². The van der Waals surface area contributed by atoms with Crippen molar-refractivity contribution in [2.24, 2.45) is 11.7 Å². The summed E-state index contributed by atoms with van der Waals surface area (Å²) in [6.45, 7) is 0. The third kappa shape index (κ3) is 5.86. The van der Waals surface area contributed by atoms with Gasteiger partial charge in [0.15, 0.2) is 6.23 Å². The standard InChI is InChI=1S/C46H40N4O2/c47-28-34(9-6-14-43-48-23-25-51-43)44-38-11-3-4-12-39(38)45(35-20-22-42(50-29-35)46-49-24-26-52-46)41-27-33(19-21-40(41)44)30-15-17-32(18-16-30)37-13-5-8-31-7-1-2-10-36(31)37/h1-3,5-11,13,15-29,39,43,45-46,48-49H,4,12,14,47H2/b9-6-,34-28+. The molecule has 4 unspecified atom stereocenters. The van der Waals surface area contributed by atoms with Gasteiger partial charge in [-0.1, -0.05) is 109 Å². The number of hydrogen-bond acceptors (Lipinski definition) is 6. The number of rotatable bonds is 8. The zero-order valence-electron chi connectivity index (χ0n) is 28.8. The van der Waals surface area contributed by atoms with Crippen molar-refractivity contribution in [2.45, 2.75) is 37.6 Å².